The van der Waals surface area contributed by atoms with Crippen molar-refractivity contribution in [3.05, 3.63) is 51.3 Å². The molecule has 1 N–H and O–H groups in total. The molecule has 3 rings (SSSR count). The molecular formula is C15H16BrF2N3. The molecule has 1 aliphatic carbocycles. The van der Waals surface area contributed by atoms with E-state index in [2.05, 4.69) is 26.3 Å². The molecule has 6 heteroatoms. The lowest BCUT2D eigenvalue weighted by atomic mass is 10.2. The average molecular weight is 356 g/mol. The van der Waals surface area contributed by atoms with Gasteiger partial charge in [0.1, 0.15) is 11.6 Å². The molecule has 0 spiro atoms. The summed E-state index contributed by atoms with van der Waals surface area (Å²) >= 11 is 3.08. The molecule has 1 fully saturated rings. The van der Waals surface area contributed by atoms with Crippen molar-refractivity contribution in [3.8, 4) is 0 Å². The number of aromatic nitrogens is 2. The molecule has 0 saturated heterocycles. The van der Waals surface area contributed by atoms with E-state index in [4.69, 9.17) is 0 Å². The van der Waals surface area contributed by atoms with Crippen molar-refractivity contribution in [1.82, 2.24) is 15.1 Å². The lowest BCUT2D eigenvalue weighted by molar-refractivity contribution is 0.528. The second-order valence-electron chi connectivity index (χ2n) is 5.41. The Balaban J connectivity index is 1.78. The molecule has 2 aromatic rings. The zero-order valence-electron chi connectivity index (χ0n) is 11.7. The smallest absolute Gasteiger partial charge is 0.145 e. The van der Waals surface area contributed by atoms with Gasteiger partial charge in [-0.25, -0.2) is 8.78 Å². The minimum absolute atomic E-state index is 0.0218. The molecule has 1 aromatic heterocycles. The van der Waals surface area contributed by atoms with Crippen molar-refractivity contribution in [2.75, 3.05) is 0 Å². The second kappa shape index (κ2) is 5.85. The summed E-state index contributed by atoms with van der Waals surface area (Å²) in [6.45, 7) is 2.75. The van der Waals surface area contributed by atoms with Gasteiger partial charge in [-0.2, -0.15) is 5.10 Å². The van der Waals surface area contributed by atoms with E-state index in [9.17, 15) is 8.78 Å². The van der Waals surface area contributed by atoms with Crippen LogP contribution in [0.15, 0.2) is 22.8 Å². The first kappa shape index (κ1) is 14.7. The van der Waals surface area contributed by atoms with Gasteiger partial charge in [0.25, 0.3) is 0 Å². The van der Waals surface area contributed by atoms with Crippen LogP contribution in [0.3, 0.4) is 0 Å². The number of halogens is 3. The van der Waals surface area contributed by atoms with Crippen molar-refractivity contribution in [1.29, 1.82) is 0 Å². The third-order valence-electron chi connectivity index (χ3n) is 3.67. The van der Waals surface area contributed by atoms with Gasteiger partial charge in [0.15, 0.2) is 0 Å². The summed E-state index contributed by atoms with van der Waals surface area (Å²) in [7, 11) is 0. The summed E-state index contributed by atoms with van der Waals surface area (Å²) in [5.74, 6) is -1.12. The Kier molecular flexibility index (Phi) is 4.08. The molecule has 1 heterocycles. The van der Waals surface area contributed by atoms with Gasteiger partial charge in [0.05, 0.1) is 16.7 Å². The van der Waals surface area contributed by atoms with Gasteiger partial charge in [-0.15, -0.1) is 0 Å². The van der Waals surface area contributed by atoms with Crippen LogP contribution >= 0.6 is 15.9 Å². The summed E-state index contributed by atoms with van der Waals surface area (Å²) in [5.41, 5.74) is 1.98. The Hall–Kier alpha value is -1.27. The third kappa shape index (κ3) is 3.32. The Morgan fingerprint density at radius 2 is 2.14 bits per heavy atom. The van der Waals surface area contributed by atoms with Gasteiger partial charge in [0.2, 0.25) is 0 Å². The lowest BCUT2D eigenvalue weighted by Gasteiger charge is -2.06. The highest BCUT2D eigenvalue weighted by Gasteiger charge is 2.21. The number of hydrogen-bond acceptors (Lipinski definition) is 2. The van der Waals surface area contributed by atoms with E-state index in [0.29, 0.717) is 6.04 Å². The highest BCUT2D eigenvalue weighted by molar-refractivity contribution is 9.10. The minimum Gasteiger partial charge on any atom is -0.310 e. The molecule has 0 radical (unpaired) electrons. The van der Waals surface area contributed by atoms with Crippen LogP contribution in [0, 0.1) is 18.6 Å². The highest BCUT2D eigenvalue weighted by atomic mass is 79.9. The maximum absolute atomic E-state index is 14.0. The van der Waals surface area contributed by atoms with Crippen LogP contribution < -0.4 is 5.32 Å². The van der Waals surface area contributed by atoms with Gasteiger partial charge in [-0.3, -0.25) is 4.68 Å². The van der Waals surface area contributed by atoms with Crippen molar-refractivity contribution in [3.63, 3.8) is 0 Å². The van der Waals surface area contributed by atoms with Gasteiger partial charge in [0, 0.05) is 29.9 Å². The van der Waals surface area contributed by atoms with E-state index in [1.165, 1.54) is 25.0 Å². The molecule has 0 bridgehead atoms. The van der Waals surface area contributed by atoms with Crippen LogP contribution in [0.5, 0.6) is 0 Å². The summed E-state index contributed by atoms with van der Waals surface area (Å²) in [4.78, 5) is 0. The van der Waals surface area contributed by atoms with Crippen LogP contribution in [0.25, 0.3) is 0 Å². The standard InChI is InChI=1S/C15H16BrF2N3/c1-9-10(6-19-11-2-3-11)7-21(20-9)8-12-14(17)5-4-13(16)15(12)18/h4-5,7,11,19H,2-3,6,8H2,1H3. The van der Waals surface area contributed by atoms with Gasteiger partial charge in [-0.05, 0) is 47.8 Å². The van der Waals surface area contributed by atoms with Crippen molar-refractivity contribution in [2.24, 2.45) is 0 Å². The van der Waals surface area contributed by atoms with Crippen molar-refractivity contribution in [2.45, 2.75) is 38.9 Å². The van der Waals surface area contributed by atoms with Crippen LogP contribution in [-0.4, -0.2) is 15.8 Å². The minimum atomic E-state index is -0.569. The summed E-state index contributed by atoms with van der Waals surface area (Å²) in [6.07, 6.45) is 4.30. The molecule has 1 aliphatic rings. The quantitative estimate of drug-likeness (QED) is 0.831. The summed E-state index contributed by atoms with van der Waals surface area (Å²) in [5, 5.41) is 7.76. The largest absolute Gasteiger partial charge is 0.310 e. The number of nitrogens with one attached hydrogen (secondary N) is 1. The average Bonchev–Trinajstić information content (AvgIpc) is 3.21. The zero-order chi connectivity index (χ0) is 15.0. The van der Waals surface area contributed by atoms with Gasteiger partial charge >= 0.3 is 0 Å². The maximum Gasteiger partial charge on any atom is 0.145 e. The molecule has 1 aromatic carbocycles. The number of aryl methyl sites for hydroxylation is 1. The summed E-state index contributed by atoms with van der Waals surface area (Å²) in [6, 6.07) is 3.25. The fraction of sp³-hybridized carbons (Fsp3) is 0.400. The molecule has 0 atom stereocenters. The number of rotatable bonds is 5. The first-order valence-electron chi connectivity index (χ1n) is 6.93. The fourth-order valence-corrected chi connectivity index (χ4v) is 2.60. The van der Waals surface area contributed by atoms with E-state index < -0.39 is 11.6 Å². The molecule has 0 unspecified atom stereocenters. The first-order valence-corrected chi connectivity index (χ1v) is 7.72. The van der Waals surface area contributed by atoms with Crippen LogP contribution in [-0.2, 0) is 13.1 Å². The SMILES string of the molecule is Cc1nn(Cc2c(F)ccc(Br)c2F)cc1CNC1CC1. The van der Waals surface area contributed by atoms with Gasteiger partial charge in [-0.1, -0.05) is 0 Å². The Labute approximate surface area is 130 Å². The maximum atomic E-state index is 14.0. The topological polar surface area (TPSA) is 29.9 Å². The monoisotopic (exact) mass is 355 g/mol. The Morgan fingerprint density at radius 3 is 2.86 bits per heavy atom. The molecule has 21 heavy (non-hydrogen) atoms. The predicted octanol–water partition coefficient (Wildman–Crippen LogP) is 3.53. The normalized spacial score (nSPS) is 14.7. The molecule has 0 aliphatic heterocycles. The summed E-state index contributed by atoms with van der Waals surface area (Å²) < 4.78 is 29.6. The van der Waals surface area contributed by atoms with Crippen molar-refractivity contribution < 1.29 is 8.78 Å². The predicted molar refractivity (Wildman–Crippen MR) is 80.0 cm³/mol. The third-order valence-corrected chi connectivity index (χ3v) is 4.28. The lowest BCUT2D eigenvalue weighted by Crippen LogP contribution is -2.15. The van der Waals surface area contributed by atoms with E-state index >= 15 is 0 Å². The van der Waals surface area contributed by atoms with E-state index in [0.717, 1.165) is 17.8 Å². The van der Waals surface area contributed by atoms with E-state index in [-0.39, 0.29) is 16.6 Å². The Morgan fingerprint density at radius 1 is 1.38 bits per heavy atom. The number of hydrogen-bond donors (Lipinski definition) is 1. The van der Waals surface area contributed by atoms with E-state index in [1.54, 1.807) is 4.68 Å². The molecule has 112 valence electrons. The second-order valence-corrected chi connectivity index (χ2v) is 6.27. The number of nitrogens with zero attached hydrogens (tertiary/aromatic N) is 2. The van der Waals surface area contributed by atoms with Crippen LogP contribution in [0.2, 0.25) is 0 Å². The zero-order valence-corrected chi connectivity index (χ0v) is 13.3. The number of benzene rings is 1. The molecule has 3 nitrogen and oxygen atoms in total. The Bertz CT molecular complexity index is 665. The highest BCUT2D eigenvalue weighted by Crippen LogP contribution is 2.23. The van der Waals surface area contributed by atoms with Crippen LogP contribution in [0.1, 0.15) is 29.7 Å². The van der Waals surface area contributed by atoms with Gasteiger partial charge < -0.3 is 5.32 Å². The molecule has 0 amide bonds. The first-order chi connectivity index (χ1) is 10.0. The molecular weight excluding hydrogens is 340 g/mol. The van der Waals surface area contributed by atoms with Crippen molar-refractivity contribution >= 4 is 15.9 Å². The van der Waals surface area contributed by atoms with E-state index in [1.807, 2.05) is 13.1 Å². The van der Waals surface area contributed by atoms with Crippen LogP contribution in [0.4, 0.5) is 8.78 Å². The molecule has 1 saturated carbocycles. The fourth-order valence-electron chi connectivity index (χ4n) is 2.23.